The Hall–Kier alpha value is -0.810. The maximum Gasteiger partial charge on any atom is 0.440 e. The van der Waals surface area contributed by atoms with Gasteiger partial charge < -0.3 is 5.32 Å². The number of carbonyl (C=O) groups excluding carboxylic acids is 1. The second kappa shape index (κ2) is 3.38. The molecule has 0 fully saturated rings. The highest BCUT2D eigenvalue weighted by Gasteiger charge is 1.92. The zero-order chi connectivity index (χ0) is 5.70. The summed E-state index contributed by atoms with van der Waals surface area (Å²) in [4.78, 5) is 17.1. The van der Waals surface area contributed by atoms with Crippen molar-refractivity contribution in [1.82, 2.24) is 5.32 Å². The molecular weight excluding hydrogens is 100 g/mol. The van der Waals surface area contributed by atoms with Gasteiger partial charge in [-0.1, -0.05) is 4.99 Å². The summed E-state index contributed by atoms with van der Waals surface area (Å²) >= 11 is 0. The average Bonchev–Trinajstić information content (AvgIpc) is 1.68. The summed E-state index contributed by atoms with van der Waals surface area (Å²) in [5.74, 6) is 4.32. The van der Waals surface area contributed by atoms with E-state index in [0.29, 0.717) is 0 Å². The molecule has 0 spiro atoms. The molecule has 42 valence electrons. The van der Waals surface area contributed by atoms with Crippen molar-refractivity contribution in [2.75, 3.05) is 7.05 Å². The summed E-state index contributed by atoms with van der Waals surface area (Å²) in [6.45, 7) is 0. The Labute approximate surface area is 40.3 Å². The summed E-state index contributed by atoms with van der Waals surface area (Å²) in [5, 5.41) is 2.10. The first kappa shape index (κ1) is 6.19. The Morgan fingerprint density at radius 2 is 2.43 bits per heavy atom. The molecule has 0 aliphatic heterocycles. The van der Waals surface area contributed by atoms with Crippen LogP contribution >= 0.6 is 0 Å². The number of nitrogens with two attached hydrogens (primary N) is 1. The quantitative estimate of drug-likeness (QED) is 0.337. The molecule has 0 aromatic heterocycles. The van der Waals surface area contributed by atoms with Crippen LogP contribution in [0.1, 0.15) is 0 Å². The molecule has 0 bridgehead atoms. The lowest BCUT2D eigenvalue weighted by Gasteiger charge is -1.92. The zero-order valence-corrected chi connectivity index (χ0v) is 3.80. The first-order valence-corrected chi connectivity index (χ1v) is 1.56. The van der Waals surface area contributed by atoms with Gasteiger partial charge in [-0.15, -0.1) is 0 Å². The molecule has 0 rings (SSSR count). The normalized spacial score (nSPS) is 7.71. The van der Waals surface area contributed by atoms with Crippen molar-refractivity contribution in [2.24, 2.45) is 5.90 Å². The lowest BCUT2D eigenvalue weighted by Crippen LogP contribution is -2.20. The topological polar surface area (TPSA) is 73.6 Å². The van der Waals surface area contributed by atoms with E-state index in [4.69, 9.17) is 0 Å². The van der Waals surface area contributed by atoms with Gasteiger partial charge in [-0.05, 0) is 0 Å². The van der Waals surface area contributed by atoms with Gasteiger partial charge in [0.1, 0.15) is 0 Å². The molecule has 0 atom stereocenters. The minimum Gasteiger partial charge on any atom is -0.322 e. The number of carbonyl (C=O) groups is 1. The van der Waals surface area contributed by atoms with E-state index < -0.39 is 6.09 Å². The number of rotatable bonds is 1. The molecule has 0 aromatic carbocycles. The van der Waals surface area contributed by atoms with Crippen LogP contribution in [-0.2, 0) is 9.88 Å². The van der Waals surface area contributed by atoms with Crippen LogP contribution in [0.3, 0.4) is 0 Å². The maximum absolute atomic E-state index is 9.87. The van der Waals surface area contributed by atoms with Crippen molar-refractivity contribution in [2.45, 2.75) is 0 Å². The number of amides is 1. The van der Waals surface area contributed by atoms with Gasteiger partial charge in [0.25, 0.3) is 0 Å². The third-order valence-electron chi connectivity index (χ3n) is 0.328. The predicted octanol–water partition coefficient (Wildman–Crippen LogP) is -0.852. The maximum atomic E-state index is 9.87. The van der Waals surface area contributed by atoms with Crippen LogP contribution in [0.15, 0.2) is 0 Å². The molecule has 0 aliphatic rings. The van der Waals surface area contributed by atoms with Crippen molar-refractivity contribution in [3.63, 3.8) is 0 Å². The Bertz CT molecular complexity index is 64.0. The highest BCUT2D eigenvalue weighted by atomic mass is 17.3. The molecule has 0 saturated heterocycles. The van der Waals surface area contributed by atoms with E-state index in [2.05, 4.69) is 21.1 Å². The minimum absolute atomic E-state index is 0.720. The van der Waals surface area contributed by atoms with Crippen LogP contribution in [0.5, 0.6) is 0 Å². The summed E-state index contributed by atoms with van der Waals surface area (Å²) in [6, 6.07) is 0. The van der Waals surface area contributed by atoms with Crippen LogP contribution in [0.4, 0.5) is 4.79 Å². The van der Waals surface area contributed by atoms with Crippen LogP contribution in [0.2, 0.25) is 0 Å². The molecule has 3 N–H and O–H groups in total. The van der Waals surface area contributed by atoms with Crippen molar-refractivity contribution in [3.8, 4) is 0 Å². The molecule has 0 radical (unpaired) electrons. The van der Waals surface area contributed by atoms with Crippen molar-refractivity contribution >= 4 is 6.09 Å². The molecule has 1 amide bonds. The fourth-order valence-corrected chi connectivity index (χ4v) is 0.0854. The standard InChI is InChI=1S/C2H6N2O3/c1-4-2(5)6-7-3/h3H2,1H3,(H,4,5). The van der Waals surface area contributed by atoms with Gasteiger partial charge in [0.15, 0.2) is 0 Å². The predicted molar refractivity (Wildman–Crippen MR) is 20.8 cm³/mol. The Morgan fingerprint density at radius 1 is 1.86 bits per heavy atom. The zero-order valence-electron chi connectivity index (χ0n) is 3.80. The molecule has 0 unspecified atom stereocenters. The van der Waals surface area contributed by atoms with Crippen LogP contribution in [-0.4, -0.2) is 13.1 Å². The SMILES string of the molecule is CNC(=O)OON. The van der Waals surface area contributed by atoms with Crippen molar-refractivity contribution < 1.29 is 14.7 Å². The molecule has 0 saturated carbocycles. The first-order chi connectivity index (χ1) is 3.31. The fourth-order valence-electron chi connectivity index (χ4n) is 0.0854. The van der Waals surface area contributed by atoms with E-state index in [-0.39, 0.29) is 0 Å². The van der Waals surface area contributed by atoms with E-state index in [1.165, 1.54) is 7.05 Å². The Balaban J connectivity index is 3.00. The lowest BCUT2D eigenvalue weighted by molar-refractivity contribution is -0.242. The van der Waals surface area contributed by atoms with Gasteiger partial charge >= 0.3 is 6.09 Å². The summed E-state index contributed by atoms with van der Waals surface area (Å²) in [7, 11) is 1.39. The molecule has 7 heavy (non-hydrogen) atoms. The van der Waals surface area contributed by atoms with Gasteiger partial charge in [-0.3, -0.25) is 4.89 Å². The van der Waals surface area contributed by atoms with Gasteiger partial charge in [0.2, 0.25) is 0 Å². The molecule has 5 heteroatoms. The fraction of sp³-hybridized carbons (Fsp3) is 0.500. The average molecular weight is 106 g/mol. The van der Waals surface area contributed by atoms with E-state index in [9.17, 15) is 4.79 Å². The molecule has 0 heterocycles. The highest BCUT2D eigenvalue weighted by molar-refractivity contribution is 5.65. The smallest absolute Gasteiger partial charge is 0.322 e. The van der Waals surface area contributed by atoms with Crippen LogP contribution in [0.25, 0.3) is 0 Å². The highest BCUT2D eigenvalue weighted by Crippen LogP contribution is 1.68. The first-order valence-electron chi connectivity index (χ1n) is 1.56. The van der Waals surface area contributed by atoms with Gasteiger partial charge in [-0.2, -0.15) is 5.90 Å². The Kier molecular flexibility index (Phi) is 2.99. The van der Waals surface area contributed by atoms with Crippen molar-refractivity contribution in [3.05, 3.63) is 0 Å². The van der Waals surface area contributed by atoms with Crippen LogP contribution in [0, 0.1) is 0 Å². The lowest BCUT2D eigenvalue weighted by atomic mass is 11.1. The summed E-state index contributed by atoms with van der Waals surface area (Å²) in [5.41, 5.74) is 0. The number of nitrogens with one attached hydrogen (secondary N) is 1. The molecule has 0 aliphatic carbocycles. The number of hydrogen-bond donors (Lipinski definition) is 2. The van der Waals surface area contributed by atoms with Gasteiger partial charge in [0, 0.05) is 7.05 Å². The molecule has 0 aromatic rings. The Morgan fingerprint density at radius 3 is 2.57 bits per heavy atom. The third kappa shape index (κ3) is 3.01. The monoisotopic (exact) mass is 106 g/mol. The van der Waals surface area contributed by atoms with E-state index in [0.717, 1.165) is 0 Å². The molecular formula is C2H6N2O3. The summed E-state index contributed by atoms with van der Waals surface area (Å²) < 4.78 is 0. The second-order valence-electron chi connectivity index (χ2n) is 0.717. The largest absolute Gasteiger partial charge is 0.440 e. The second-order valence-corrected chi connectivity index (χ2v) is 0.717. The summed E-state index contributed by atoms with van der Waals surface area (Å²) in [6.07, 6.45) is -0.720. The minimum atomic E-state index is -0.720. The van der Waals surface area contributed by atoms with E-state index in [1.807, 2.05) is 0 Å². The van der Waals surface area contributed by atoms with Crippen molar-refractivity contribution in [1.29, 1.82) is 0 Å². The van der Waals surface area contributed by atoms with E-state index >= 15 is 0 Å². The van der Waals surface area contributed by atoms with Gasteiger partial charge in [0.05, 0.1) is 0 Å². The van der Waals surface area contributed by atoms with Gasteiger partial charge in [-0.25, -0.2) is 4.79 Å². The number of hydrogen-bond acceptors (Lipinski definition) is 4. The molecule has 5 nitrogen and oxygen atoms in total. The van der Waals surface area contributed by atoms with Crippen LogP contribution < -0.4 is 11.2 Å². The van der Waals surface area contributed by atoms with E-state index in [1.54, 1.807) is 0 Å². The third-order valence-corrected chi connectivity index (χ3v) is 0.328.